The summed E-state index contributed by atoms with van der Waals surface area (Å²) in [5, 5.41) is 4.95. The molecule has 0 radical (unpaired) electrons. The third-order valence-electron chi connectivity index (χ3n) is 5.97. The highest BCUT2D eigenvalue weighted by Crippen LogP contribution is 2.21. The summed E-state index contributed by atoms with van der Waals surface area (Å²) >= 11 is 5.81. The van der Waals surface area contributed by atoms with Crippen molar-refractivity contribution < 1.29 is 4.74 Å². The van der Waals surface area contributed by atoms with Crippen molar-refractivity contribution in [3.8, 4) is 5.75 Å². The van der Waals surface area contributed by atoms with Crippen molar-refractivity contribution in [2.45, 2.75) is 33.9 Å². The molecule has 0 saturated heterocycles. The Kier molecular flexibility index (Phi) is 6.98. The number of hydrogen-bond donors (Lipinski definition) is 2. The number of fused-ring (bicyclic) bond motifs is 1. The number of nitrogens with zero attached hydrogens (tertiary/aromatic N) is 1. The van der Waals surface area contributed by atoms with Crippen LogP contribution in [0.25, 0.3) is 10.9 Å². The third-order valence-corrected chi connectivity index (χ3v) is 6.33. The van der Waals surface area contributed by atoms with E-state index in [1.165, 1.54) is 0 Å². The first-order valence-electron chi connectivity index (χ1n) is 11.2. The van der Waals surface area contributed by atoms with Gasteiger partial charge in [0.05, 0.1) is 19.2 Å². The molecule has 0 bridgehead atoms. The molecule has 1 aromatic heterocycles. The third kappa shape index (κ3) is 5.29. The zero-order chi connectivity index (χ0) is 24.2. The fraction of sp³-hybridized carbons (Fsp3) is 0.214. The van der Waals surface area contributed by atoms with Crippen LogP contribution in [0.1, 0.15) is 27.8 Å². The number of aryl methyl sites for hydroxylation is 3. The Morgan fingerprint density at radius 2 is 1.71 bits per heavy atom. The summed E-state index contributed by atoms with van der Waals surface area (Å²) in [6.07, 6.45) is 0. The normalized spacial score (nSPS) is 10.8. The summed E-state index contributed by atoms with van der Waals surface area (Å²) < 4.78 is 5.29. The maximum absolute atomic E-state index is 13.0. The minimum Gasteiger partial charge on any atom is -0.497 e. The average molecular weight is 472 g/mol. The molecule has 4 rings (SSSR count). The molecule has 4 aromatic rings. The van der Waals surface area contributed by atoms with Crippen LogP contribution in [0, 0.1) is 20.8 Å². The van der Waals surface area contributed by atoms with E-state index in [9.17, 15) is 4.79 Å². The van der Waals surface area contributed by atoms with E-state index in [-0.39, 0.29) is 5.56 Å². The molecule has 34 heavy (non-hydrogen) atoms. The summed E-state index contributed by atoms with van der Waals surface area (Å²) in [4.78, 5) is 18.1. The molecule has 0 aliphatic heterocycles. The van der Waals surface area contributed by atoms with Crippen molar-refractivity contribution in [2.75, 3.05) is 12.4 Å². The molecule has 0 fully saturated rings. The molecule has 2 N–H and O–H groups in total. The molecule has 0 unspecified atom stereocenters. The lowest BCUT2D eigenvalue weighted by Gasteiger charge is -2.26. The summed E-state index contributed by atoms with van der Waals surface area (Å²) in [6, 6.07) is 22.1. The molecule has 0 amide bonds. The fourth-order valence-corrected chi connectivity index (χ4v) is 4.26. The van der Waals surface area contributed by atoms with Crippen LogP contribution >= 0.6 is 12.2 Å². The topological polar surface area (TPSA) is 57.4 Å². The largest absolute Gasteiger partial charge is 0.497 e. The van der Waals surface area contributed by atoms with Gasteiger partial charge in [-0.3, -0.25) is 4.79 Å². The molecule has 0 spiro atoms. The molecule has 3 aromatic carbocycles. The van der Waals surface area contributed by atoms with Crippen LogP contribution in [0.3, 0.4) is 0 Å². The second-order valence-corrected chi connectivity index (χ2v) is 9.00. The summed E-state index contributed by atoms with van der Waals surface area (Å²) in [5.74, 6) is 0.799. The number of nitrogens with one attached hydrogen (secondary N) is 2. The van der Waals surface area contributed by atoms with E-state index in [1.54, 1.807) is 7.11 Å². The van der Waals surface area contributed by atoms with Crippen LogP contribution in [-0.2, 0) is 13.1 Å². The van der Waals surface area contributed by atoms with E-state index < -0.39 is 0 Å². The number of methoxy groups -OCH3 is 1. The highest BCUT2D eigenvalue weighted by Gasteiger charge is 2.16. The van der Waals surface area contributed by atoms with Crippen LogP contribution in [0.4, 0.5) is 5.69 Å². The van der Waals surface area contributed by atoms with Crippen molar-refractivity contribution in [1.82, 2.24) is 9.88 Å². The van der Waals surface area contributed by atoms with E-state index in [4.69, 9.17) is 17.0 Å². The highest BCUT2D eigenvalue weighted by atomic mass is 32.1. The maximum atomic E-state index is 13.0. The van der Waals surface area contributed by atoms with Gasteiger partial charge in [-0.25, -0.2) is 0 Å². The number of H-pyrrole nitrogens is 1. The van der Waals surface area contributed by atoms with E-state index in [0.29, 0.717) is 23.8 Å². The minimum atomic E-state index is -0.0979. The van der Waals surface area contributed by atoms with Gasteiger partial charge in [0.15, 0.2) is 5.11 Å². The zero-order valence-corrected chi connectivity index (χ0v) is 20.8. The quantitative estimate of drug-likeness (QED) is 0.345. The Hall–Kier alpha value is -3.64. The number of aromatic amines is 1. The van der Waals surface area contributed by atoms with E-state index in [1.807, 2.05) is 79.4 Å². The summed E-state index contributed by atoms with van der Waals surface area (Å²) in [7, 11) is 1.65. The van der Waals surface area contributed by atoms with E-state index >= 15 is 0 Å². The van der Waals surface area contributed by atoms with Crippen molar-refractivity contribution in [3.05, 3.63) is 105 Å². The van der Waals surface area contributed by atoms with Crippen LogP contribution in [-0.4, -0.2) is 22.1 Å². The lowest BCUT2D eigenvalue weighted by atomic mass is 10.0. The summed E-state index contributed by atoms with van der Waals surface area (Å²) in [6.45, 7) is 7.04. The predicted molar refractivity (Wildman–Crippen MR) is 144 cm³/mol. The molecule has 1 heterocycles. The molecule has 0 saturated carbocycles. The Labute approximate surface area is 205 Å². The first kappa shape index (κ1) is 23.5. The lowest BCUT2D eigenvalue weighted by molar-refractivity contribution is 0.406. The van der Waals surface area contributed by atoms with Crippen LogP contribution in [0.5, 0.6) is 5.75 Å². The van der Waals surface area contributed by atoms with E-state index in [0.717, 1.165) is 44.6 Å². The van der Waals surface area contributed by atoms with Gasteiger partial charge in [0.25, 0.3) is 5.56 Å². The number of benzene rings is 3. The van der Waals surface area contributed by atoms with Crippen molar-refractivity contribution in [1.29, 1.82) is 0 Å². The highest BCUT2D eigenvalue weighted by molar-refractivity contribution is 7.80. The number of thiocarbonyl (C=S) groups is 1. The number of pyridine rings is 1. The fourth-order valence-electron chi connectivity index (χ4n) is 4.02. The first-order valence-corrected chi connectivity index (χ1v) is 11.6. The number of anilines is 1. The Bertz CT molecular complexity index is 1390. The predicted octanol–water partition coefficient (Wildman–Crippen LogP) is 5.86. The second-order valence-electron chi connectivity index (χ2n) is 8.62. The van der Waals surface area contributed by atoms with Gasteiger partial charge in [0, 0.05) is 23.2 Å². The first-order chi connectivity index (χ1) is 16.3. The number of hydrogen-bond acceptors (Lipinski definition) is 3. The van der Waals surface area contributed by atoms with Gasteiger partial charge < -0.3 is 19.9 Å². The second kappa shape index (κ2) is 10.1. The molecule has 0 aliphatic carbocycles. The molecule has 174 valence electrons. The van der Waals surface area contributed by atoms with Crippen LogP contribution in [0.2, 0.25) is 0 Å². The Balaban J connectivity index is 1.68. The van der Waals surface area contributed by atoms with Gasteiger partial charge in [-0.05, 0) is 85.6 Å². The van der Waals surface area contributed by atoms with Gasteiger partial charge in [0.1, 0.15) is 5.75 Å². The molecular weight excluding hydrogens is 442 g/mol. The van der Waals surface area contributed by atoms with Gasteiger partial charge in [0.2, 0.25) is 0 Å². The van der Waals surface area contributed by atoms with Gasteiger partial charge >= 0.3 is 0 Å². The molecular formula is C28H29N3O2S. The monoisotopic (exact) mass is 471 g/mol. The van der Waals surface area contributed by atoms with Crippen molar-refractivity contribution >= 4 is 33.9 Å². The number of aromatic nitrogens is 1. The average Bonchev–Trinajstić information content (AvgIpc) is 2.82. The smallest absolute Gasteiger partial charge is 0.253 e. The molecule has 0 aliphatic rings. The van der Waals surface area contributed by atoms with Gasteiger partial charge in [-0.2, -0.15) is 0 Å². The van der Waals surface area contributed by atoms with Gasteiger partial charge in [-0.15, -0.1) is 0 Å². The standard InChI is InChI=1S/C28H29N3O2S/c1-18-6-5-7-23(14-18)29-28(34)31(16-21-10-12-24(33-4)13-11-21)17-22-15-25-19(2)8-9-20(3)26(25)30-27(22)32/h5-15H,16-17H2,1-4H3,(H,29,34)(H,30,32). The van der Waals surface area contributed by atoms with Crippen LogP contribution in [0.15, 0.2) is 71.5 Å². The lowest BCUT2D eigenvalue weighted by Crippen LogP contribution is -2.35. The van der Waals surface area contributed by atoms with Gasteiger partial charge in [-0.1, -0.05) is 36.4 Å². The minimum absolute atomic E-state index is 0.0979. The Morgan fingerprint density at radius 1 is 0.971 bits per heavy atom. The van der Waals surface area contributed by atoms with E-state index in [2.05, 4.69) is 23.3 Å². The van der Waals surface area contributed by atoms with Crippen LogP contribution < -0.4 is 15.6 Å². The van der Waals surface area contributed by atoms with Crippen molar-refractivity contribution in [2.24, 2.45) is 0 Å². The Morgan fingerprint density at radius 3 is 2.41 bits per heavy atom. The molecule has 5 nitrogen and oxygen atoms in total. The SMILES string of the molecule is COc1ccc(CN(Cc2cc3c(C)ccc(C)c3[nH]c2=O)C(=S)Nc2cccc(C)c2)cc1. The molecule has 0 atom stereocenters. The number of rotatable bonds is 6. The maximum Gasteiger partial charge on any atom is 0.253 e. The zero-order valence-electron chi connectivity index (χ0n) is 19.9. The molecule has 6 heteroatoms. The van der Waals surface area contributed by atoms with Crippen molar-refractivity contribution in [3.63, 3.8) is 0 Å². The number of ether oxygens (including phenoxy) is 1. The summed E-state index contributed by atoms with van der Waals surface area (Å²) in [5.41, 5.74) is 6.77.